The summed E-state index contributed by atoms with van der Waals surface area (Å²) in [5.41, 5.74) is 0.409. The topological polar surface area (TPSA) is 26.3 Å². The molecule has 0 unspecified atom stereocenters. The molecule has 88 valence electrons. The van der Waals surface area contributed by atoms with E-state index in [-0.39, 0.29) is 19.4 Å². The van der Waals surface area contributed by atoms with Gasteiger partial charge in [0.15, 0.2) is 6.29 Å². The van der Waals surface area contributed by atoms with Crippen LogP contribution in [-0.2, 0) is 0 Å². The fourth-order valence-electron chi connectivity index (χ4n) is 1.16. The van der Waals surface area contributed by atoms with Crippen molar-refractivity contribution in [2.45, 2.75) is 19.3 Å². The van der Waals surface area contributed by atoms with Gasteiger partial charge < -0.3 is 4.74 Å². The standard InChI is InChI=1S/C11H11BrF2O2/c12-9-3-4-10(8(6-9)7-15)16-5-1-2-11(13)14/h3-4,6-7,11H,1-2,5H2. The predicted molar refractivity (Wildman–Crippen MR) is 60.3 cm³/mol. The fourth-order valence-corrected chi connectivity index (χ4v) is 1.54. The lowest BCUT2D eigenvalue weighted by Crippen LogP contribution is -2.02. The predicted octanol–water partition coefficient (Wildman–Crippen LogP) is 3.69. The number of alkyl halides is 2. The molecule has 0 fully saturated rings. The summed E-state index contributed by atoms with van der Waals surface area (Å²) in [6.45, 7) is 0.187. The monoisotopic (exact) mass is 292 g/mol. The molecular weight excluding hydrogens is 282 g/mol. The van der Waals surface area contributed by atoms with Gasteiger partial charge in [0.2, 0.25) is 6.43 Å². The van der Waals surface area contributed by atoms with Gasteiger partial charge in [-0.1, -0.05) is 15.9 Å². The number of rotatable bonds is 6. The molecule has 1 rings (SSSR count). The van der Waals surface area contributed by atoms with Crippen molar-refractivity contribution in [2.75, 3.05) is 6.61 Å². The van der Waals surface area contributed by atoms with E-state index in [2.05, 4.69) is 15.9 Å². The summed E-state index contributed by atoms with van der Waals surface area (Å²) in [5.74, 6) is 0.424. The summed E-state index contributed by atoms with van der Waals surface area (Å²) >= 11 is 3.22. The molecule has 0 aliphatic rings. The minimum atomic E-state index is -2.31. The number of halogens is 3. The van der Waals surface area contributed by atoms with Crippen LogP contribution in [0.5, 0.6) is 5.75 Å². The average molecular weight is 293 g/mol. The van der Waals surface area contributed by atoms with Gasteiger partial charge >= 0.3 is 0 Å². The Morgan fingerprint density at radius 3 is 2.81 bits per heavy atom. The number of aldehydes is 1. The lowest BCUT2D eigenvalue weighted by Gasteiger charge is -2.08. The number of ether oxygens (including phenoxy) is 1. The first-order valence-electron chi connectivity index (χ1n) is 4.79. The quantitative estimate of drug-likeness (QED) is 0.590. The highest BCUT2D eigenvalue weighted by atomic mass is 79.9. The van der Waals surface area contributed by atoms with E-state index in [9.17, 15) is 13.6 Å². The maximum absolute atomic E-state index is 11.8. The molecule has 0 bridgehead atoms. The van der Waals surface area contributed by atoms with Crippen LogP contribution in [-0.4, -0.2) is 19.3 Å². The zero-order valence-corrected chi connectivity index (χ0v) is 10.0. The van der Waals surface area contributed by atoms with E-state index in [1.807, 2.05) is 0 Å². The van der Waals surface area contributed by atoms with Crippen molar-refractivity contribution in [1.82, 2.24) is 0 Å². The maximum atomic E-state index is 11.8. The van der Waals surface area contributed by atoms with Gasteiger partial charge in [-0.2, -0.15) is 0 Å². The number of hydrogen-bond acceptors (Lipinski definition) is 2. The molecule has 0 amide bonds. The second-order valence-corrected chi connectivity index (χ2v) is 4.10. The summed E-state index contributed by atoms with van der Waals surface area (Å²) in [5, 5.41) is 0. The summed E-state index contributed by atoms with van der Waals surface area (Å²) in [7, 11) is 0. The van der Waals surface area contributed by atoms with Crippen LogP contribution in [0.3, 0.4) is 0 Å². The van der Waals surface area contributed by atoms with Crippen LogP contribution in [0, 0.1) is 0 Å². The Bertz CT molecular complexity index is 356. The molecule has 1 aromatic carbocycles. The van der Waals surface area contributed by atoms with Crippen molar-refractivity contribution in [3.05, 3.63) is 28.2 Å². The zero-order chi connectivity index (χ0) is 12.0. The molecule has 0 spiro atoms. The van der Waals surface area contributed by atoms with Crippen molar-refractivity contribution >= 4 is 22.2 Å². The third-order valence-electron chi connectivity index (χ3n) is 1.92. The van der Waals surface area contributed by atoms with Gasteiger partial charge in [0, 0.05) is 10.9 Å². The Labute approximate surface area is 101 Å². The first kappa shape index (κ1) is 13.1. The van der Waals surface area contributed by atoms with Crippen LogP contribution in [0.1, 0.15) is 23.2 Å². The molecule has 5 heteroatoms. The Morgan fingerprint density at radius 1 is 1.44 bits per heavy atom. The molecule has 16 heavy (non-hydrogen) atoms. The maximum Gasteiger partial charge on any atom is 0.238 e. The van der Waals surface area contributed by atoms with Gasteiger partial charge in [-0.25, -0.2) is 8.78 Å². The van der Waals surface area contributed by atoms with Gasteiger partial charge in [-0.15, -0.1) is 0 Å². The highest BCUT2D eigenvalue weighted by molar-refractivity contribution is 9.10. The Kier molecular flexibility index (Phi) is 5.38. The Balaban J connectivity index is 2.50. The molecule has 2 nitrogen and oxygen atoms in total. The van der Waals surface area contributed by atoms with E-state index in [0.29, 0.717) is 17.6 Å². The van der Waals surface area contributed by atoms with Gasteiger partial charge in [-0.05, 0) is 24.6 Å². The van der Waals surface area contributed by atoms with E-state index in [0.717, 1.165) is 4.47 Å². The summed E-state index contributed by atoms with van der Waals surface area (Å²) in [6.07, 6.45) is -1.55. The smallest absolute Gasteiger partial charge is 0.238 e. The second kappa shape index (κ2) is 6.58. The van der Waals surface area contributed by atoms with Crippen molar-refractivity contribution in [3.8, 4) is 5.75 Å². The minimum Gasteiger partial charge on any atom is -0.493 e. The van der Waals surface area contributed by atoms with Crippen LogP contribution in [0.4, 0.5) is 8.78 Å². The summed E-state index contributed by atoms with van der Waals surface area (Å²) in [6, 6.07) is 4.99. The SMILES string of the molecule is O=Cc1cc(Br)ccc1OCCCC(F)F. The first-order valence-corrected chi connectivity index (χ1v) is 5.58. The van der Waals surface area contributed by atoms with Crippen LogP contribution >= 0.6 is 15.9 Å². The molecule has 0 saturated heterocycles. The second-order valence-electron chi connectivity index (χ2n) is 3.18. The number of hydrogen-bond donors (Lipinski definition) is 0. The Morgan fingerprint density at radius 2 is 2.19 bits per heavy atom. The molecule has 0 atom stereocenters. The molecular formula is C11H11BrF2O2. The highest BCUT2D eigenvalue weighted by Gasteiger charge is 2.05. The fraction of sp³-hybridized carbons (Fsp3) is 0.364. The Hall–Kier alpha value is -0.970. The molecule has 0 heterocycles. The van der Waals surface area contributed by atoms with Crippen molar-refractivity contribution in [3.63, 3.8) is 0 Å². The van der Waals surface area contributed by atoms with E-state index in [4.69, 9.17) is 4.74 Å². The van der Waals surface area contributed by atoms with E-state index in [1.165, 1.54) is 0 Å². The third kappa shape index (κ3) is 4.26. The average Bonchev–Trinajstić information content (AvgIpc) is 2.25. The highest BCUT2D eigenvalue weighted by Crippen LogP contribution is 2.22. The molecule has 0 aromatic heterocycles. The summed E-state index contributed by atoms with van der Waals surface area (Å²) in [4.78, 5) is 10.7. The lowest BCUT2D eigenvalue weighted by atomic mass is 10.2. The van der Waals surface area contributed by atoms with Gasteiger partial charge in [0.25, 0.3) is 0 Å². The van der Waals surface area contributed by atoms with Crippen LogP contribution in [0.25, 0.3) is 0 Å². The molecule has 1 aromatic rings. The van der Waals surface area contributed by atoms with Gasteiger partial charge in [0.05, 0.1) is 12.2 Å². The van der Waals surface area contributed by atoms with Crippen LogP contribution < -0.4 is 4.74 Å². The minimum absolute atomic E-state index is 0.187. The molecule has 0 aliphatic carbocycles. The third-order valence-corrected chi connectivity index (χ3v) is 2.42. The van der Waals surface area contributed by atoms with E-state index in [1.54, 1.807) is 18.2 Å². The van der Waals surface area contributed by atoms with Crippen molar-refractivity contribution in [1.29, 1.82) is 0 Å². The van der Waals surface area contributed by atoms with Gasteiger partial charge in [0.1, 0.15) is 5.75 Å². The lowest BCUT2D eigenvalue weighted by molar-refractivity contribution is 0.111. The zero-order valence-electron chi connectivity index (χ0n) is 8.46. The molecule has 0 aliphatic heterocycles. The normalized spacial score (nSPS) is 10.5. The number of carbonyl (C=O) groups is 1. The molecule has 0 radical (unpaired) electrons. The van der Waals surface area contributed by atoms with Gasteiger partial charge in [-0.3, -0.25) is 4.79 Å². The largest absolute Gasteiger partial charge is 0.493 e. The summed E-state index contributed by atoms with van der Waals surface area (Å²) < 4.78 is 29.7. The van der Waals surface area contributed by atoms with Crippen molar-refractivity contribution in [2.24, 2.45) is 0 Å². The number of benzene rings is 1. The molecule has 0 N–H and O–H groups in total. The van der Waals surface area contributed by atoms with Crippen molar-refractivity contribution < 1.29 is 18.3 Å². The van der Waals surface area contributed by atoms with E-state index >= 15 is 0 Å². The first-order chi connectivity index (χ1) is 7.63. The number of carbonyl (C=O) groups excluding carboxylic acids is 1. The van der Waals surface area contributed by atoms with Crippen LogP contribution in [0.15, 0.2) is 22.7 Å². The van der Waals surface area contributed by atoms with Crippen LogP contribution in [0.2, 0.25) is 0 Å². The molecule has 0 saturated carbocycles. The van der Waals surface area contributed by atoms with E-state index < -0.39 is 6.43 Å².